The minimum absolute atomic E-state index is 0.621. The number of hydrogen-bond acceptors (Lipinski definition) is 6. The van der Waals surface area contributed by atoms with E-state index in [2.05, 4.69) is 61.0 Å². The van der Waals surface area contributed by atoms with E-state index in [1.165, 1.54) is 0 Å². The number of aryl methyl sites for hydroxylation is 2. The molecule has 1 aliphatic heterocycles. The molecule has 7 nitrogen and oxygen atoms in total. The molecule has 0 spiro atoms. The summed E-state index contributed by atoms with van der Waals surface area (Å²) in [6.45, 7) is 8.16. The van der Waals surface area contributed by atoms with Gasteiger partial charge < -0.3 is 14.6 Å². The van der Waals surface area contributed by atoms with E-state index in [-0.39, 0.29) is 0 Å². The highest BCUT2D eigenvalue weighted by Gasteiger charge is 2.20. The second kappa shape index (κ2) is 6.84. The SMILES string of the molecule is Cc1nc2ncc(-c3ccc4c(c3)CN(c3ncnc(C)c3C)CCO4)cc2[nH]1. The summed E-state index contributed by atoms with van der Waals surface area (Å²) >= 11 is 0. The van der Waals surface area contributed by atoms with Crippen LogP contribution in [0.15, 0.2) is 36.8 Å². The fourth-order valence-corrected chi connectivity index (χ4v) is 3.78. The third kappa shape index (κ3) is 3.18. The molecule has 3 aromatic heterocycles. The zero-order chi connectivity index (χ0) is 20.0. The van der Waals surface area contributed by atoms with Crippen molar-refractivity contribution in [3.63, 3.8) is 0 Å². The van der Waals surface area contributed by atoms with Crippen LogP contribution >= 0.6 is 0 Å². The number of nitrogens with zero attached hydrogens (tertiary/aromatic N) is 5. The van der Waals surface area contributed by atoms with Gasteiger partial charge in [0.2, 0.25) is 0 Å². The number of hydrogen-bond donors (Lipinski definition) is 1. The zero-order valence-electron chi connectivity index (χ0n) is 16.7. The Labute approximate surface area is 168 Å². The number of pyridine rings is 1. The van der Waals surface area contributed by atoms with Crippen LogP contribution in [0.3, 0.4) is 0 Å². The Morgan fingerprint density at radius 3 is 2.83 bits per heavy atom. The van der Waals surface area contributed by atoms with Gasteiger partial charge in [0.25, 0.3) is 0 Å². The highest BCUT2D eigenvalue weighted by Crippen LogP contribution is 2.32. The summed E-state index contributed by atoms with van der Waals surface area (Å²) in [5.41, 5.74) is 7.08. The molecule has 0 amide bonds. The number of aromatic amines is 1. The molecule has 0 atom stereocenters. The molecule has 1 aliphatic rings. The van der Waals surface area contributed by atoms with E-state index in [0.29, 0.717) is 6.61 Å². The van der Waals surface area contributed by atoms with Gasteiger partial charge in [-0.1, -0.05) is 6.07 Å². The molecule has 0 saturated carbocycles. The lowest BCUT2D eigenvalue weighted by molar-refractivity contribution is 0.331. The second-order valence-corrected chi connectivity index (χ2v) is 7.42. The fraction of sp³-hybridized carbons (Fsp3) is 0.273. The van der Waals surface area contributed by atoms with Gasteiger partial charge in [0.05, 0.1) is 12.1 Å². The Morgan fingerprint density at radius 2 is 1.93 bits per heavy atom. The maximum atomic E-state index is 6.02. The van der Waals surface area contributed by atoms with Gasteiger partial charge in [-0.05, 0) is 44.5 Å². The van der Waals surface area contributed by atoms with Crippen LogP contribution in [0.5, 0.6) is 5.75 Å². The third-order valence-corrected chi connectivity index (χ3v) is 5.44. The molecular weight excluding hydrogens is 364 g/mol. The van der Waals surface area contributed by atoms with Crippen molar-refractivity contribution in [2.45, 2.75) is 27.3 Å². The van der Waals surface area contributed by atoms with Gasteiger partial charge >= 0.3 is 0 Å². The molecular formula is C22H22N6O. The number of nitrogens with one attached hydrogen (secondary N) is 1. The van der Waals surface area contributed by atoms with E-state index >= 15 is 0 Å². The fourth-order valence-electron chi connectivity index (χ4n) is 3.78. The van der Waals surface area contributed by atoms with E-state index in [0.717, 1.165) is 69.6 Å². The molecule has 1 N–H and O–H groups in total. The Kier molecular flexibility index (Phi) is 4.16. The summed E-state index contributed by atoms with van der Waals surface area (Å²) in [5.74, 6) is 2.76. The van der Waals surface area contributed by atoms with E-state index in [4.69, 9.17) is 4.74 Å². The largest absolute Gasteiger partial charge is 0.491 e. The van der Waals surface area contributed by atoms with Gasteiger partial charge in [0.1, 0.15) is 30.3 Å². The average Bonchev–Trinajstić information content (AvgIpc) is 2.96. The van der Waals surface area contributed by atoms with Gasteiger partial charge in [-0.15, -0.1) is 0 Å². The third-order valence-electron chi connectivity index (χ3n) is 5.44. The molecule has 1 aromatic carbocycles. The van der Waals surface area contributed by atoms with E-state index in [9.17, 15) is 0 Å². The number of aromatic nitrogens is 5. The van der Waals surface area contributed by atoms with E-state index < -0.39 is 0 Å². The monoisotopic (exact) mass is 386 g/mol. The molecule has 7 heteroatoms. The molecule has 0 saturated heterocycles. The molecule has 0 bridgehead atoms. The lowest BCUT2D eigenvalue weighted by Gasteiger charge is -2.23. The summed E-state index contributed by atoms with van der Waals surface area (Å²) < 4.78 is 6.02. The van der Waals surface area contributed by atoms with Crippen molar-refractivity contribution in [3.8, 4) is 16.9 Å². The number of ether oxygens (including phenoxy) is 1. The summed E-state index contributed by atoms with van der Waals surface area (Å²) in [6, 6.07) is 8.41. The van der Waals surface area contributed by atoms with E-state index in [1.54, 1.807) is 6.33 Å². The summed E-state index contributed by atoms with van der Waals surface area (Å²) in [4.78, 5) is 23.2. The number of anilines is 1. The average molecular weight is 386 g/mol. The molecule has 0 unspecified atom stereocenters. The normalized spacial score (nSPS) is 13.8. The first-order chi connectivity index (χ1) is 14.1. The van der Waals surface area contributed by atoms with Crippen molar-refractivity contribution in [2.75, 3.05) is 18.1 Å². The minimum atomic E-state index is 0.621. The van der Waals surface area contributed by atoms with Crippen LogP contribution in [0, 0.1) is 20.8 Å². The highest BCUT2D eigenvalue weighted by atomic mass is 16.5. The topological polar surface area (TPSA) is 79.8 Å². The molecule has 146 valence electrons. The van der Waals surface area contributed by atoms with Crippen LogP contribution in [-0.4, -0.2) is 38.1 Å². The second-order valence-electron chi connectivity index (χ2n) is 7.42. The van der Waals surface area contributed by atoms with Crippen LogP contribution in [0.25, 0.3) is 22.3 Å². The number of rotatable bonds is 2. The quantitative estimate of drug-likeness (QED) is 0.565. The number of fused-ring (bicyclic) bond motifs is 2. The van der Waals surface area contributed by atoms with Crippen molar-refractivity contribution >= 4 is 17.0 Å². The van der Waals surface area contributed by atoms with Crippen molar-refractivity contribution < 1.29 is 4.74 Å². The van der Waals surface area contributed by atoms with Crippen LogP contribution in [0.1, 0.15) is 22.6 Å². The number of benzene rings is 1. The smallest absolute Gasteiger partial charge is 0.177 e. The maximum absolute atomic E-state index is 6.02. The Balaban J connectivity index is 1.52. The summed E-state index contributed by atoms with van der Waals surface area (Å²) in [5, 5.41) is 0. The zero-order valence-corrected chi connectivity index (χ0v) is 16.7. The predicted molar refractivity (Wildman–Crippen MR) is 112 cm³/mol. The maximum Gasteiger partial charge on any atom is 0.177 e. The van der Waals surface area contributed by atoms with Crippen LogP contribution in [0.4, 0.5) is 5.82 Å². The van der Waals surface area contributed by atoms with Crippen molar-refractivity contribution in [3.05, 3.63) is 59.4 Å². The standard InChI is InChI=1S/C22H22N6O/c1-13-14(2)24-12-25-22(13)28-6-7-29-20-5-4-16(8-18(20)11-28)17-9-19-21(23-10-17)27-15(3)26-19/h4-5,8-10,12H,6-7,11H2,1-3H3,(H,23,26,27). The first-order valence-electron chi connectivity index (χ1n) is 9.70. The lowest BCUT2D eigenvalue weighted by Crippen LogP contribution is -2.27. The van der Waals surface area contributed by atoms with Gasteiger partial charge in [0.15, 0.2) is 5.65 Å². The van der Waals surface area contributed by atoms with Gasteiger partial charge in [-0.3, -0.25) is 0 Å². The van der Waals surface area contributed by atoms with Gasteiger partial charge in [-0.2, -0.15) is 0 Å². The number of imidazole rings is 1. The van der Waals surface area contributed by atoms with Crippen LogP contribution in [-0.2, 0) is 6.54 Å². The Morgan fingerprint density at radius 1 is 1.03 bits per heavy atom. The molecule has 29 heavy (non-hydrogen) atoms. The van der Waals surface area contributed by atoms with Crippen molar-refractivity contribution in [1.82, 2.24) is 24.9 Å². The number of H-pyrrole nitrogens is 1. The summed E-state index contributed by atoms with van der Waals surface area (Å²) in [6.07, 6.45) is 3.51. The molecule has 0 fully saturated rings. The minimum Gasteiger partial charge on any atom is -0.491 e. The first-order valence-corrected chi connectivity index (χ1v) is 9.70. The van der Waals surface area contributed by atoms with Crippen molar-refractivity contribution in [1.29, 1.82) is 0 Å². The summed E-state index contributed by atoms with van der Waals surface area (Å²) in [7, 11) is 0. The Bertz CT molecular complexity index is 1220. The van der Waals surface area contributed by atoms with Crippen LogP contribution < -0.4 is 9.64 Å². The van der Waals surface area contributed by atoms with Gasteiger partial charge in [0, 0.05) is 35.1 Å². The predicted octanol–water partition coefficient (Wildman–Crippen LogP) is 3.74. The molecule has 0 aliphatic carbocycles. The molecule has 4 heterocycles. The molecule has 5 rings (SSSR count). The first kappa shape index (κ1) is 17.6. The highest BCUT2D eigenvalue weighted by molar-refractivity contribution is 5.78. The molecule has 0 radical (unpaired) electrons. The van der Waals surface area contributed by atoms with Crippen LogP contribution in [0.2, 0.25) is 0 Å². The van der Waals surface area contributed by atoms with Gasteiger partial charge in [-0.25, -0.2) is 19.9 Å². The van der Waals surface area contributed by atoms with E-state index in [1.807, 2.05) is 20.0 Å². The molecule has 4 aromatic rings. The van der Waals surface area contributed by atoms with Crippen molar-refractivity contribution in [2.24, 2.45) is 0 Å². The lowest BCUT2D eigenvalue weighted by atomic mass is 10.0. The Hall–Kier alpha value is -3.48.